The molecule has 1 aromatic heterocycles. The first-order valence-electron chi connectivity index (χ1n) is 7.77. The van der Waals surface area contributed by atoms with Crippen LogP contribution in [0.2, 0.25) is 0 Å². The molecule has 8 heteroatoms. The van der Waals surface area contributed by atoms with Gasteiger partial charge in [-0.2, -0.15) is 0 Å². The molecular formula is C16H16FN3O3S. The molecule has 0 unspecified atom stereocenters. The zero-order valence-corrected chi connectivity index (χ0v) is 13.8. The van der Waals surface area contributed by atoms with E-state index < -0.39 is 17.2 Å². The molecule has 24 heavy (non-hydrogen) atoms. The highest BCUT2D eigenvalue weighted by Crippen LogP contribution is 2.47. The summed E-state index contributed by atoms with van der Waals surface area (Å²) in [6.45, 7) is 4.47. The Morgan fingerprint density at radius 2 is 2.08 bits per heavy atom. The van der Waals surface area contributed by atoms with E-state index in [9.17, 15) is 19.1 Å². The van der Waals surface area contributed by atoms with Crippen LogP contribution in [0.4, 0.5) is 10.1 Å². The highest BCUT2D eigenvalue weighted by atomic mass is 32.2. The fourth-order valence-corrected chi connectivity index (χ4v) is 4.61. The molecule has 1 fully saturated rings. The normalized spacial score (nSPS) is 19.9. The molecule has 6 nitrogen and oxygen atoms in total. The van der Waals surface area contributed by atoms with Crippen molar-refractivity contribution >= 4 is 34.3 Å². The lowest BCUT2D eigenvalue weighted by molar-refractivity contribution is 0.0689. The van der Waals surface area contributed by atoms with E-state index in [-0.39, 0.29) is 22.0 Å². The Morgan fingerprint density at radius 3 is 2.71 bits per heavy atom. The number of pyridine rings is 1. The first-order chi connectivity index (χ1) is 11.5. The second-order valence-corrected chi connectivity index (χ2v) is 7.23. The van der Waals surface area contributed by atoms with Crippen LogP contribution in [0.25, 0.3) is 10.9 Å². The molecule has 3 heterocycles. The molecule has 0 saturated carbocycles. The van der Waals surface area contributed by atoms with Gasteiger partial charge in [0.25, 0.3) is 0 Å². The smallest absolute Gasteiger partial charge is 0.342 e. The zero-order chi connectivity index (χ0) is 17.0. The maximum Gasteiger partial charge on any atom is 0.342 e. The number of nitrogens with zero attached hydrogens (tertiary/aromatic N) is 2. The second kappa shape index (κ2) is 5.49. The molecule has 2 aliphatic rings. The Kier molecular flexibility index (Phi) is 3.54. The van der Waals surface area contributed by atoms with Gasteiger partial charge in [0.15, 0.2) is 0 Å². The fraction of sp³-hybridized carbons (Fsp3) is 0.375. The standard InChI is InChI=1S/C16H16FN3O3S/c1-8-20-10-3-2-9(17)13(19-6-4-18-5-7-19)11(10)14(21)12(16(22)23)15(20)24-8/h2-3,8,18H,4-7H2,1H3,(H,22,23)/t8-/m1/s1. The van der Waals surface area contributed by atoms with Gasteiger partial charge in [-0.3, -0.25) is 4.79 Å². The van der Waals surface area contributed by atoms with Gasteiger partial charge in [0.1, 0.15) is 11.4 Å². The van der Waals surface area contributed by atoms with E-state index in [1.54, 1.807) is 6.07 Å². The largest absolute Gasteiger partial charge is 0.477 e. The van der Waals surface area contributed by atoms with E-state index in [2.05, 4.69) is 5.32 Å². The van der Waals surface area contributed by atoms with Crippen LogP contribution in [0.1, 0.15) is 22.7 Å². The molecule has 2 aromatic rings. The van der Waals surface area contributed by atoms with Crippen LogP contribution < -0.4 is 15.6 Å². The maximum atomic E-state index is 14.6. The van der Waals surface area contributed by atoms with E-state index in [1.807, 2.05) is 16.4 Å². The number of nitrogens with one attached hydrogen (secondary N) is 1. The minimum Gasteiger partial charge on any atom is -0.477 e. The Morgan fingerprint density at radius 1 is 1.38 bits per heavy atom. The number of rotatable bonds is 2. The van der Waals surface area contributed by atoms with Crippen LogP contribution in [0.5, 0.6) is 0 Å². The number of aromatic carboxylic acids is 1. The number of thioether (sulfide) groups is 1. The average Bonchev–Trinajstić information content (AvgIpc) is 2.55. The third-order valence-corrected chi connectivity index (χ3v) is 5.72. The first kappa shape index (κ1) is 15.5. The van der Waals surface area contributed by atoms with Crippen molar-refractivity contribution in [2.24, 2.45) is 0 Å². The van der Waals surface area contributed by atoms with Crippen molar-refractivity contribution in [3.05, 3.63) is 33.7 Å². The van der Waals surface area contributed by atoms with Crippen molar-refractivity contribution < 1.29 is 14.3 Å². The van der Waals surface area contributed by atoms with Crippen LogP contribution in [-0.2, 0) is 0 Å². The molecule has 0 aliphatic carbocycles. The van der Waals surface area contributed by atoms with Gasteiger partial charge in [0, 0.05) is 26.2 Å². The van der Waals surface area contributed by atoms with Crippen LogP contribution in [0.15, 0.2) is 22.0 Å². The summed E-state index contributed by atoms with van der Waals surface area (Å²) in [5, 5.41) is 13.3. The van der Waals surface area contributed by atoms with Crippen LogP contribution in [0, 0.1) is 5.82 Å². The molecule has 1 atom stereocenters. The van der Waals surface area contributed by atoms with E-state index in [1.165, 1.54) is 17.8 Å². The molecule has 126 valence electrons. The fourth-order valence-electron chi connectivity index (χ4n) is 3.46. The minimum atomic E-state index is -1.26. The molecule has 1 saturated heterocycles. The van der Waals surface area contributed by atoms with E-state index in [0.717, 1.165) is 0 Å². The van der Waals surface area contributed by atoms with Gasteiger partial charge < -0.3 is 19.9 Å². The summed E-state index contributed by atoms with van der Waals surface area (Å²) in [7, 11) is 0. The Hall–Kier alpha value is -2.06. The lowest BCUT2D eigenvalue weighted by Crippen LogP contribution is -2.44. The lowest BCUT2D eigenvalue weighted by atomic mass is 10.1. The van der Waals surface area contributed by atoms with Crippen molar-refractivity contribution in [2.45, 2.75) is 17.3 Å². The van der Waals surface area contributed by atoms with E-state index in [0.29, 0.717) is 36.7 Å². The number of anilines is 1. The van der Waals surface area contributed by atoms with Crippen LogP contribution in [-0.4, -0.2) is 41.8 Å². The van der Waals surface area contributed by atoms with Crippen molar-refractivity contribution in [3.63, 3.8) is 0 Å². The molecule has 0 spiro atoms. The van der Waals surface area contributed by atoms with Gasteiger partial charge in [0.2, 0.25) is 5.43 Å². The minimum absolute atomic E-state index is 0.0162. The van der Waals surface area contributed by atoms with Gasteiger partial charge in [-0.15, -0.1) is 0 Å². The monoisotopic (exact) mass is 349 g/mol. The number of piperazine rings is 1. The van der Waals surface area contributed by atoms with Crippen LogP contribution in [0.3, 0.4) is 0 Å². The van der Waals surface area contributed by atoms with E-state index >= 15 is 0 Å². The molecule has 2 aliphatic heterocycles. The summed E-state index contributed by atoms with van der Waals surface area (Å²) in [6, 6.07) is 2.94. The first-order valence-corrected chi connectivity index (χ1v) is 8.65. The third-order valence-electron chi connectivity index (χ3n) is 4.55. The number of carboxylic acids is 1. The summed E-state index contributed by atoms with van der Waals surface area (Å²) in [5.74, 6) is -1.75. The summed E-state index contributed by atoms with van der Waals surface area (Å²) in [4.78, 5) is 26.3. The summed E-state index contributed by atoms with van der Waals surface area (Å²) in [5.41, 5.74) is -0.0363. The second-order valence-electron chi connectivity index (χ2n) is 5.93. The average molecular weight is 349 g/mol. The zero-order valence-electron chi connectivity index (χ0n) is 13.0. The predicted octanol–water partition coefficient (Wildman–Crippen LogP) is 1.87. The number of fused-ring (bicyclic) bond motifs is 3. The lowest BCUT2D eigenvalue weighted by Gasteiger charge is -2.35. The third kappa shape index (κ3) is 2.06. The Bertz CT molecular complexity index is 921. The number of hydrogen-bond donors (Lipinski definition) is 2. The van der Waals surface area contributed by atoms with E-state index in [4.69, 9.17) is 0 Å². The van der Waals surface area contributed by atoms with Gasteiger partial charge in [-0.1, -0.05) is 11.8 Å². The number of benzene rings is 1. The highest BCUT2D eigenvalue weighted by molar-refractivity contribution is 8.00. The molecule has 0 radical (unpaired) electrons. The van der Waals surface area contributed by atoms with Crippen molar-refractivity contribution in [2.75, 3.05) is 31.1 Å². The maximum absolute atomic E-state index is 14.6. The highest BCUT2D eigenvalue weighted by Gasteiger charge is 2.34. The topological polar surface area (TPSA) is 74.6 Å². The number of carboxylic acid groups (broad SMARTS) is 1. The summed E-state index contributed by atoms with van der Waals surface area (Å²) in [6.07, 6.45) is 0. The quantitative estimate of drug-likeness (QED) is 0.862. The van der Waals surface area contributed by atoms with Gasteiger partial charge in [-0.25, -0.2) is 9.18 Å². The predicted molar refractivity (Wildman–Crippen MR) is 90.8 cm³/mol. The summed E-state index contributed by atoms with van der Waals surface area (Å²) >= 11 is 1.35. The van der Waals surface area contributed by atoms with Crippen molar-refractivity contribution in [1.29, 1.82) is 0 Å². The molecule has 0 amide bonds. The van der Waals surface area contributed by atoms with Crippen molar-refractivity contribution in [1.82, 2.24) is 9.88 Å². The van der Waals surface area contributed by atoms with Crippen LogP contribution >= 0.6 is 11.8 Å². The molecule has 4 rings (SSSR count). The molecule has 2 N–H and O–H groups in total. The van der Waals surface area contributed by atoms with Gasteiger partial charge in [-0.05, 0) is 19.1 Å². The number of carbonyl (C=O) groups is 1. The number of hydrogen-bond acceptors (Lipinski definition) is 5. The Balaban J connectivity index is 2.09. The number of aromatic nitrogens is 1. The molecular weight excluding hydrogens is 333 g/mol. The van der Waals surface area contributed by atoms with Gasteiger partial charge in [0.05, 0.1) is 27.0 Å². The summed E-state index contributed by atoms with van der Waals surface area (Å²) < 4.78 is 16.4. The molecule has 0 bridgehead atoms. The Labute approximate surface area is 141 Å². The number of halogens is 1. The van der Waals surface area contributed by atoms with Crippen molar-refractivity contribution in [3.8, 4) is 0 Å². The SMILES string of the molecule is C[C@H]1Sc2c(C(=O)O)c(=O)c3c(N4CCNCC4)c(F)ccc3n21. The molecule has 1 aromatic carbocycles. The van der Waals surface area contributed by atoms with Gasteiger partial charge >= 0.3 is 5.97 Å².